The van der Waals surface area contributed by atoms with Gasteiger partial charge in [-0.1, -0.05) is 67.6 Å². The molecule has 24 heavy (non-hydrogen) atoms. The Balaban J connectivity index is 2.53. The third-order valence-corrected chi connectivity index (χ3v) is 8.04. The average Bonchev–Trinajstić information content (AvgIpc) is 2.67. The van der Waals surface area contributed by atoms with Crippen LogP contribution in [0.3, 0.4) is 0 Å². The molecule has 0 radical (unpaired) electrons. The van der Waals surface area contributed by atoms with Crippen LogP contribution in [0.1, 0.15) is 27.6 Å². The van der Waals surface area contributed by atoms with Crippen molar-refractivity contribution < 1.29 is 18.4 Å². The molecule has 126 valence electrons. The van der Waals surface area contributed by atoms with Crippen molar-refractivity contribution in [1.82, 2.24) is 0 Å². The number of hydrogen-bond donors (Lipinski definition) is 0. The highest BCUT2D eigenvalue weighted by Crippen LogP contribution is 2.34. The highest BCUT2D eigenvalue weighted by molar-refractivity contribution is 6.77. The minimum Gasteiger partial charge on any atom is -0.397 e. The van der Waals surface area contributed by atoms with Gasteiger partial charge >= 0.3 is 8.56 Å². The number of rotatable bonds is 8. The van der Waals surface area contributed by atoms with Crippen molar-refractivity contribution in [3.63, 3.8) is 0 Å². The fraction of sp³-hybridized carbons (Fsp3) is 0.263. The van der Waals surface area contributed by atoms with Gasteiger partial charge in [-0.3, -0.25) is 9.59 Å². The van der Waals surface area contributed by atoms with Gasteiger partial charge < -0.3 is 8.85 Å². The lowest BCUT2D eigenvalue weighted by Gasteiger charge is -2.32. The molecule has 0 atom stereocenters. The van der Waals surface area contributed by atoms with Crippen LogP contribution in [0.15, 0.2) is 60.7 Å². The average molecular weight is 342 g/mol. The predicted molar refractivity (Wildman–Crippen MR) is 95.5 cm³/mol. The lowest BCUT2D eigenvalue weighted by molar-refractivity contribution is 0.0855. The van der Waals surface area contributed by atoms with Crippen LogP contribution in [0.4, 0.5) is 0 Å². The fourth-order valence-corrected chi connectivity index (χ4v) is 5.62. The van der Waals surface area contributed by atoms with Crippen LogP contribution in [0, 0.1) is 0 Å². The summed E-state index contributed by atoms with van der Waals surface area (Å²) in [5, 5.41) is 0. The van der Waals surface area contributed by atoms with Gasteiger partial charge in [-0.15, -0.1) is 0 Å². The molecule has 0 aliphatic carbocycles. The number of carbonyl (C=O) groups is 2. The maximum atomic E-state index is 13.1. The largest absolute Gasteiger partial charge is 0.397 e. The number of carbonyl (C=O) groups excluding carboxylic acids is 2. The molecular weight excluding hydrogens is 320 g/mol. The molecule has 5 heteroatoms. The molecule has 0 aromatic heterocycles. The van der Waals surface area contributed by atoms with Crippen molar-refractivity contribution in [2.24, 2.45) is 0 Å². The molecule has 0 aliphatic heterocycles. The van der Waals surface area contributed by atoms with Crippen molar-refractivity contribution in [3.05, 3.63) is 71.8 Å². The lowest BCUT2D eigenvalue weighted by atomic mass is 10.0. The lowest BCUT2D eigenvalue weighted by Crippen LogP contribution is -2.50. The normalized spacial score (nSPS) is 11.5. The van der Waals surface area contributed by atoms with Crippen LogP contribution >= 0.6 is 0 Å². The molecule has 4 nitrogen and oxygen atoms in total. The Kier molecular flexibility index (Phi) is 6.20. The van der Waals surface area contributed by atoms with Gasteiger partial charge in [-0.25, -0.2) is 0 Å². The first kappa shape index (κ1) is 18.3. The first-order valence-electron chi connectivity index (χ1n) is 7.88. The van der Waals surface area contributed by atoms with E-state index in [0.29, 0.717) is 17.2 Å². The van der Waals surface area contributed by atoms with Crippen molar-refractivity contribution in [2.45, 2.75) is 18.5 Å². The van der Waals surface area contributed by atoms with E-state index in [1.807, 2.05) is 19.1 Å². The van der Waals surface area contributed by atoms with Gasteiger partial charge in [0.15, 0.2) is 11.6 Å². The van der Waals surface area contributed by atoms with Crippen molar-refractivity contribution in [2.75, 3.05) is 14.2 Å². The molecule has 2 aromatic rings. The van der Waals surface area contributed by atoms with E-state index < -0.39 is 14.1 Å². The van der Waals surface area contributed by atoms with Crippen LogP contribution in [-0.4, -0.2) is 34.3 Å². The van der Waals surface area contributed by atoms with Crippen LogP contribution in [0.25, 0.3) is 0 Å². The first-order valence-corrected chi connectivity index (χ1v) is 9.98. The third kappa shape index (κ3) is 3.53. The zero-order valence-corrected chi connectivity index (χ0v) is 15.2. The highest BCUT2D eigenvalue weighted by Gasteiger charge is 2.51. The minimum atomic E-state index is -3.04. The first-order chi connectivity index (χ1) is 11.6. The summed E-state index contributed by atoms with van der Waals surface area (Å²) >= 11 is 0. The van der Waals surface area contributed by atoms with E-state index in [-0.39, 0.29) is 11.6 Å². The Hall–Kier alpha value is -2.08. The smallest absolute Gasteiger partial charge is 0.356 e. The maximum absolute atomic E-state index is 13.1. The van der Waals surface area contributed by atoms with Crippen LogP contribution in [-0.2, 0) is 8.85 Å². The van der Waals surface area contributed by atoms with Gasteiger partial charge in [-0.2, -0.15) is 0 Å². The topological polar surface area (TPSA) is 52.6 Å². The number of Topliss-reactive ketones (excluding diaryl/α,β-unsaturated/α-hetero) is 2. The van der Waals surface area contributed by atoms with Gasteiger partial charge in [0.25, 0.3) is 0 Å². The van der Waals surface area contributed by atoms with Crippen LogP contribution in [0.5, 0.6) is 0 Å². The Morgan fingerprint density at radius 1 is 0.833 bits per heavy atom. The maximum Gasteiger partial charge on any atom is 0.356 e. The predicted octanol–water partition coefficient (Wildman–Crippen LogP) is 3.88. The summed E-state index contributed by atoms with van der Waals surface area (Å²) in [4.78, 5) is 26.3. The van der Waals surface area contributed by atoms with Gasteiger partial charge in [0.2, 0.25) is 0 Å². The second-order valence-electron chi connectivity index (χ2n) is 5.47. The van der Waals surface area contributed by atoms with Crippen molar-refractivity contribution in [3.8, 4) is 0 Å². The fourth-order valence-electron chi connectivity index (χ4n) is 2.87. The molecule has 2 aromatic carbocycles. The molecule has 0 aliphatic rings. The molecular formula is C19H22O4Si. The van der Waals surface area contributed by atoms with E-state index >= 15 is 0 Å². The summed E-state index contributed by atoms with van der Waals surface area (Å²) < 4.78 is 11.3. The van der Waals surface area contributed by atoms with E-state index in [4.69, 9.17) is 8.85 Å². The van der Waals surface area contributed by atoms with E-state index in [2.05, 4.69) is 0 Å². The van der Waals surface area contributed by atoms with E-state index in [0.717, 1.165) is 0 Å². The van der Waals surface area contributed by atoms with Gasteiger partial charge in [0.05, 0.1) is 0 Å². The molecule has 0 unspecified atom stereocenters. The summed E-state index contributed by atoms with van der Waals surface area (Å²) in [5.41, 5.74) is 0.0414. The Bertz CT molecular complexity index is 621. The minimum absolute atomic E-state index is 0.248. The van der Waals surface area contributed by atoms with Gasteiger partial charge in [0, 0.05) is 25.3 Å². The van der Waals surface area contributed by atoms with Crippen molar-refractivity contribution in [1.29, 1.82) is 0 Å². The summed E-state index contributed by atoms with van der Waals surface area (Å²) in [6.45, 7) is 1.89. The number of benzene rings is 2. The Labute approximate surface area is 143 Å². The number of hydrogen-bond acceptors (Lipinski definition) is 4. The number of ketones is 2. The van der Waals surface area contributed by atoms with E-state index in [1.165, 1.54) is 14.2 Å². The molecule has 0 saturated heterocycles. The second kappa shape index (κ2) is 8.15. The Morgan fingerprint density at radius 3 is 1.50 bits per heavy atom. The standard InChI is InChI=1S/C19H22O4Si/c1-4-24(22-2,23-3)19(17(20)15-11-7-5-8-12-15)18(21)16-13-9-6-10-14-16/h5-14,19H,4H2,1-3H3. The molecule has 0 amide bonds. The summed E-state index contributed by atoms with van der Waals surface area (Å²) in [6.07, 6.45) is 0. The zero-order valence-electron chi connectivity index (χ0n) is 14.2. The molecule has 0 spiro atoms. The van der Waals surface area contributed by atoms with E-state index in [1.54, 1.807) is 48.5 Å². The summed E-state index contributed by atoms with van der Waals surface area (Å²) in [7, 11) is -0.00437. The monoisotopic (exact) mass is 342 g/mol. The molecule has 2 rings (SSSR count). The van der Waals surface area contributed by atoms with Crippen molar-refractivity contribution >= 4 is 20.1 Å². The van der Waals surface area contributed by atoms with Gasteiger partial charge in [-0.05, 0) is 6.04 Å². The summed E-state index contributed by atoms with van der Waals surface area (Å²) in [5.74, 6) is -0.497. The van der Waals surface area contributed by atoms with Crippen LogP contribution in [0.2, 0.25) is 11.6 Å². The third-order valence-electron chi connectivity index (χ3n) is 4.26. The van der Waals surface area contributed by atoms with Gasteiger partial charge in [0.1, 0.15) is 5.54 Å². The Morgan fingerprint density at radius 2 is 1.21 bits per heavy atom. The molecule has 0 heterocycles. The van der Waals surface area contributed by atoms with E-state index in [9.17, 15) is 9.59 Å². The molecule has 0 fully saturated rings. The quantitative estimate of drug-likeness (QED) is 0.415. The SMILES string of the molecule is CC[Si](OC)(OC)C(C(=O)c1ccccc1)C(=O)c1ccccc1. The zero-order chi connectivity index (χ0) is 17.6. The molecule has 0 N–H and O–H groups in total. The molecule has 0 bridgehead atoms. The summed E-state index contributed by atoms with van der Waals surface area (Å²) in [6, 6.07) is 18.2. The second-order valence-corrected chi connectivity index (χ2v) is 9.19. The van der Waals surface area contributed by atoms with Crippen LogP contribution < -0.4 is 0 Å². The molecule has 0 saturated carbocycles. The highest BCUT2D eigenvalue weighted by atomic mass is 28.4.